The van der Waals surface area contributed by atoms with Gasteiger partial charge >= 0.3 is 0 Å². The summed E-state index contributed by atoms with van der Waals surface area (Å²) in [6.45, 7) is 4.49. The van der Waals surface area contributed by atoms with Gasteiger partial charge in [0, 0.05) is 30.2 Å². The first-order valence-electron chi connectivity index (χ1n) is 6.39. The first-order chi connectivity index (χ1) is 8.09. The van der Waals surface area contributed by atoms with Crippen molar-refractivity contribution in [3.05, 3.63) is 36.0 Å². The van der Waals surface area contributed by atoms with E-state index in [1.165, 1.54) is 22.9 Å². The largest absolute Gasteiger partial charge is 0.350 e. The molecule has 2 N–H and O–H groups in total. The SMILES string of the molecule is CC(C)CC[C@H](N)c1cn(C)c2ccccc12. The van der Waals surface area contributed by atoms with E-state index in [0.717, 1.165) is 12.3 Å². The van der Waals surface area contributed by atoms with Crippen LogP contribution in [0.4, 0.5) is 0 Å². The van der Waals surface area contributed by atoms with E-state index in [1.807, 2.05) is 0 Å². The highest BCUT2D eigenvalue weighted by Crippen LogP contribution is 2.27. The smallest absolute Gasteiger partial charge is 0.0481 e. The number of hydrogen-bond acceptors (Lipinski definition) is 1. The number of para-hydroxylation sites is 1. The minimum atomic E-state index is 0.156. The average molecular weight is 230 g/mol. The molecule has 2 aromatic rings. The predicted molar refractivity (Wildman–Crippen MR) is 73.9 cm³/mol. The van der Waals surface area contributed by atoms with Gasteiger partial charge in [0.1, 0.15) is 0 Å². The Morgan fingerprint density at radius 1 is 1.18 bits per heavy atom. The third-order valence-corrected chi connectivity index (χ3v) is 3.38. The number of benzene rings is 1. The summed E-state index contributed by atoms with van der Waals surface area (Å²) in [4.78, 5) is 0. The van der Waals surface area contributed by atoms with Gasteiger partial charge in [-0.2, -0.15) is 0 Å². The normalized spacial score (nSPS) is 13.5. The quantitative estimate of drug-likeness (QED) is 0.854. The first kappa shape index (κ1) is 12.2. The van der Waals surface area contributed by atoms with E-state index < -0.39 is 0 Å². The molecule has 0 spiro atoms. The fourth-order valence-electron chi connectivity index (χ4n) is 2.34. The number of rotatable bonds is 4. The maximum atomic E-state index is 6.31. The molecule has 0 saturated heterocycles. The summed E-state index contributed by atoms with van der Waals surface area (Å²) in [6, 6.07) is 8.63. The van der Waals surface area contributed by atoms with Crippen molar-refractivity contribution in [2.75, 3.05) is 0 Å². The van der Waals surface area contributed by atoms with Crippen molar-refractivity contribution in [1.82, 2.24) is 4.57 Å². The molecule has 0 amide bonds. The van der Waals surface area contributed by atoms with Gasteiger partial charge in [0.15, 0.2) is 0 Å². The lowest BCUT2D eigenvalue weighted by Crippen LogP contribution is -2.10. The van der Waals surface area contributed by atoms with Crippen molar-refractivity contribution in [2.45, 2.75) is 32.7 Å². The molecular formula is C15H22N2. The summed E-state index contributed by atoms with van der Waals surface area (Å²) < 4.78 is 2.17. The Hall–Kier alpha value is -1.28. The molecule has 92 valence electrons. The summed E-state index contributed by atoms with van der Waals surface area (Å²) in [6.07, 6.45) is 4.42. The first-order valence-corrected chi connectivity index (χ1v) is 6.39. The van der Waals surface area contributed by atoms with Gasteiger partial charge in [-0.05, 0) is 30.4 Å². The number of fused-ring (bicyclic) bond motifs is 1. The fraction of sp³-hybridized carbons (Fsp3) is 0.467. The van der Waals surface area contributed by atoms with Crippen LogP contribution in [-0.2, 0) is 7.05 Å². The zero-order valence-electron chi connectivity index (χ0n) is 11.0. The predicted octanol–water partition coefficient (Wildman–Crippen LogP) is 3.61. The van der Waals surface area contributed by atoms with Crippen LogP contribution < -0.4 is 5.73 Å². The molecule has 0 radical (unpaired) electrons. The Morgan fingerprint density at radius 2 is 1.88 bits per heavy atom. The molecule has 1 aromatic carbocycles. The Balaban J connectivity index is 2.29. The lowest BCUT2D eigenvalue weighted by atomic mass is 9.98. The minimum absolute atomic E-state index is 0.156. The molecule has 0 aliphatic carbocycles. The van der Waals surface area contributed by atoms with Crippen LogP contribution in [0.3, 0.4) is 0 Å². The molecule has 0 saturated carbocycles. The molecule has 2 heteroatoms. The molecule has 17 heavy (non-hydrogen) atoms. The number of aryl methyl sites for hydroxylation is 1. The highest BCUT2D eigenvalue weighted by molar-refractivity contribution is 5.84. The Bertz CT molecular complexity index is 497. The van der Waals surface area contributed by atoms with Crippen molar-refractivity contribution in [2.24, 2.45) is 18.7 Å². The number of nitrogens with zero attached hydrogens (tertiary/aromatic N) is 1. The average Bonchev–Trinajstić information content (AvgIpc) is 2.65. The number of aromatic nitrogens is 1. The summed E-state index contributed by atoms with van der Waals surface area (Å²) in [5.74, 6) is 0.719. The maximum absolute atomic E-state index is 6.31. The Kier molecular flexibility index (Phi) is 3.53. The Morgan fingerprint density at radius 3 is 2.59 bits per heavy atom. The topological polar surface area (TPSA) is 30.9 Å². The zero-order chi connectivity index (χ0) is 12.4. The molecule has 0 unspecified atom stereocenters. The van der Waals surface area contributed by atoms with Crippen molar-refractivity contribution >= 4 is 10.9 Å². The summed E-state index contributed by atoms with van der Waals surface area (Å²) in [5.41, 5.74) is 8.86. The van der Waals surface area contributed by atoms with E-state index in [9.17, 15) is 0 Å². The second-order valence-corrected chi connectivity index (χ2v) is 5.29. The van der Waals surface area contributed by atoms with Crippen LogP contribution in [0, 0.1) is 5.92 Å². The fourth-order valence-corrected chi connectivity index (χ4v) is 2.34. The lowest BCUT2D eigenvalue weighted by Gasteiger charge is -2.12. The van der Waals surface area contributed by atoms with Crippen LogP contribution in [0.2, 0.25) is 0 Å². The van der Waals surface area contributed by atoms with Gasteiger partial charge < -0.3 is 10.3 Å². The van der Waals surface area contributed by atoms with E-state index in [-0.39, 0.29) is 6.04 Å². The van der Waals surface area contributed by atoms with E-state index in [1.54, 1.807) is 0 Å². The summed E-state index contributed by atoms with van der Waals surface area (Å²) in [5, 5.41) is 1.30. The third kappa shape index (κ3) is 2.52. The number of nitrogens with two attached hydrogens (primary N) is 1. The van der Waals surface area contributed by atoms with Gasteiger partial charge in [0.25, 0.3) is 0 Å². The van der Waals surface area contributed by atoms with Crippen molar-refractivity contribution in [3.8, 4) is 0 Å². The molecule has 0 bridgehead atoms. The van der Waals surface area contributed by atoms with Gasteiger partial charge in [-0.15, -0.1) is 0 Å². The van der Waals surface area contributed by atoms with E-state index in [2.05, 4.69) is 55.9 Å². The summed E-state index contributed by atoms with van der Waals surface area (Å²) >= 11 is 0. The van der Waals surface area contributed by atoms with E-state index in [4.69, 9.17) is 5.73 Å². The maximum Gasteiger partial charge on any atom is 0.0481 e. The second-order valence-electron chi connectivity index (χ2n) is 5.29. The minimum Gasteiger partial charge on any atom is -0.350 e. The highest BCUT2D eigenvalue weighted by atomic mass is 14.9. The summed E-state index contributed by atoms with van der Waals surface area (Å²) in [7, 11) is 2.08. The van der Waals surface area contributed by atoms with Gasteiger partial charge in [-0.1, -0.05) is 32.0 Å². The molecule has 2 nitrogen and oxygen atoms in total. The van der Waals surface area contributed by atoms with Crippen LogP contribution in [0.25, 0.3) is 10.9 Å². The van der Waals surface area contributed by atoms with Crippen LogP contribution in [-0.4, -0.2) is 4.57 Å². The van der Waals surface area contributed by atoms with Gasteiger partial charge in [-0.25, -0.2) is 0 Å². The molecule has 1 heterocycles. The van der Waals surface area contributed by atoms with Gasteiger partial charge in [-0.3, -0.25) is 0 Å². The van der Waals surface area contributed by atoms with Gasteiger partial charge in [0.2, 0.25) is 0 Å². The van der Waals surface area contributed by atoms with Crippen LogP contribution in [0.15, 0.2) is 30.5 Å². The molecule has 0 aliphatic heterocycles. The van der Waals surface area contributed by atoms with E-state index in [0.29, 0.717) is 0 Å². The molecule has 0 fully saturated rings. The van der Waals surface area contributed by atoms with Crippen molar-refractivity contribution < 1.29 is 0 Å². The standard InChI is InChI=1S/C15H22N2/c1-11(2)8-9-14(16)13-10-17(3)15-7-5-4-6-12(13)15/h4-7,10-11,14H,8-9,16H2,1-3H3/t14-/m0/s1. The molecule has 1 aromatic heterocycles. The lowest BCUT2D eigenvalue weighted by molar-refractivity contribution is 0.508. The molecule has 2 rings (SSSR count). The molecule has 1 atom stereocenters. The van der Waals surface area contributed by atoms with Gasteiger partial charge in [0.05, 0.1) is 0 Å². The van der Waals surface area contributed by atoms with Crippen LogP contribution in [0.5, 0.6) is 0 Å². The highest BCUT2D eigenvalue weighted by Gasteiger charge is 2.13. The van der Waals surface area contributed by atoms with Crippen molar-refractivity contribution in [1.29, 1.82) is 0 Å². The van der Waals surface area contributed by atoms with Crippen LogP contribution >= 0.6 is 0 Å². The van der Waals surface area contributed by atoms with Crippen molar-refractivity contribution in [3.63, 3.8) is 0 Å². The molecular weight excluding hydrogens is 208 g/mol. The van der Waals surface area contributed by atoms with E-state index >= 15 is 0 Å². The van der Waals surface area contributed by atoms with Crippen LogP contribution in [0.1, 0.15) is 38.3 Å². The third-order valence-electron chi connectivity index (χ3n) is 3.38. The second kappa shape index (κ2) is 4.92. The monoisotopic (exact) mass is 230 g/mol. The number of hydrogen-bond donors (Lipinski definition) is 1. The Labute approximate surface area is 103 Å². The zero-order valence-corrected chi connectivity index (χ0v) is 11.0. The molecule has 0 aliphatic rings.